The minimum atomic E-state index is 0.559. The Morgan fingerprint density at radius 3 is 2.33 bits per heavy atom. The highest BCUT2D eigenvalue weighted by Gasteiger charge is 2.07. The second-order valence-corrected chi connectivity index (χ2v) is 3.15. The topological polar surface area (TPSA) is 68.2 Å². The number of hydrogen-bond donors (Lipinski definition) is 2. The Hall–Kier alpha value is -1.91. The van der Waals surface area contributed by atoms with Crippen LogP contribution in [0.4, 0.5) is 5.82 Å². The number of anilines is 1. The van der Waals surface area contributed by atoms with Crippen molar-refractivity contribution in [1.29, 1.82) is 0 Å². The van der Waals surface area contributed by atoms with Gasteiger partial charge in [-0.25, -0.2) is 21.8 Å². The number of nitrogens with zero attached hydrogens (tertiary/aromatic N) is 2. The number of benzene rings is 1. The number of hydrazine groups is 2. The van der Waals surface area contributed by atoms with Crippen LogP contribution in [0.25, 0.3) is 11.1 Å². The summed E-state index contributed by atoms with van der Waals surface area (Å²) in [6.07, 6.45) is 1.66. The van der Waals surface area contributed by atoms with E-state index in [1.165, 1.54) is 0 Å². The van der Waals surface area contributed by atoms with Crippen molar-refractivity contribution in [3.8, 4) is 11.1 Å². The zero-order valence-electron chi connectivity index (χ0n) is 8.17. The summed E-state index contributed by atoms with van der Waals surface area (Å²) in [4.78, 5) is 4.13. The Balaban J connectivity index is 2.53. The standard InChI is InChI=1S/C11H12N4/c12-15(13)11-10(7-4-8-14-11)9-5-2-1-3-6-9/h1-8H,12-13H2. The monoisotopic (exact) mass is 200 g/mol. The molecule has 0 atom stereocenters. The number of aromatic nitrogens is 1. The molecular formula is C11H12N4. The quantitative estimate of drug-likeness (QED) is 0.566. The highest BCUT2D eigenvalue weighted by Crippen LogP contribution is 2.25. The molecule has 0 radical (unpaired) electrons. The molecule has 0 amide bonds. The van der Waals surface area contributed by atoms with E-state index < -0.39 is 0 Å². The van der Waals surface area contributed by atoms with E-state index in [4.69, 9.17) is 11.7 Å². The lowest BCUT2D eigenvalue weighted by Gasteiger charge is -2.14. The molecule has 0 saturated carbocycles. The van der Waals surface area contributed by atoms with Crippen molar-refractivity contribution >= 4 is 5.82 Å². The first-order valence-electron chi connectivity index (χ1n) is 4.59. The van der Waals surface area contributed by atoms with Crippen LogP contribution >= 0.6 is 0 Å². The molecule has 4 nitrogen and oxygen atoms in total. The van der Waals surface area contributed by atoms with Crippen LogP contribution in [0.15, 0.2) is 48.7 Å². The summed E-state index contributed by atoms with van der Waals surface area (Å²) in [5.74, 6) is 11.6. The van der Waals surface area contributed by atoms with Gasteiger partial charge in [-0.05, 0) is 17.7 Å². The molecule has 76 valence electrons. The van der Waals surface area contributed by atoms with Crippen molar-refractivity contribution in [2.24, 2.45) is 11.7 Å². The summed E-state index contributed by atoms with van der Waals surface area (Å²) in [7, 11) is 0. The van der Waals surface area contributed by atoms with Gasteiger partial charge in [0.1, 0.15) is 0 Å². The van der Waals surface area contributed by atoms with Crippen LogP contribution in [-0.4, -0.2) is 4.98 Å². The van der Waals surface area contributed by atoms with Gasteiger partial charge in [-0.1, -0.05) is 30.3 Å². The largest absolute Gasteiger partial charge is 0.236 e. The van der Waals surface area contributed by atoms with Crippen molar-refractivity contribution < 1.29 is 0 Å². The molecule has 0 aliphatic carbocycles. The van der Waals surface area contributed by atoms with E-state index in [9.17, 15) is 0 Å². The molecule has 1 heterocycles. The second kappa shape index (κ2) is 4.08. The molecule has 0 saturated heterocycles. The van der Waals surface area contributed by atoms with E-state index in [2.05, 4.69) is 4.98 Å². The van der Waals surface area contributed by atoms with Crippen molar-refractivity contribution in [2.45, 2.75) is 0 Å². The first-order chi connectivity index (χ1) is 7.29. The lowest BCUT2D eigenvalue weighted by molar-refractivity contribution is 0.897. The fourth-order valence-corrected chi connectivity index (χ4v) is 1.45. The fraction of sp³-hybridized carbons (Fsp3) is 0. The molecule has 0 spiro atoms. The van der Waals surface area contributed by atoms with Gasteiger partial charge in [0, 0.05) is 11.8 Å². The third kappa shape index (κ3) is 1.96. The summed E-state index contributed by atoms with van der Waals surface area (Å²) < 4.78 is 0. The van der Waals surface area contributed by atoms with Gasteiger partial charge < -0.3 is 0 Å². The Bertz CT molecular complexity index is 439. The van der Waals surface area contributed by atoms with E-state index >= 15 is 0 Å². The molecule has 2 rings (SSSR count). The lowest BCUT2D eigenvalue weighted by atomic mass is 10.1. The van der Waals surface area contributed by atoms with E-state index in [1.54, 1.807) is 6.20 Å². The molecular weight excluding hydrogens is 188 g/mol. The Morgan fingerprint density at radius 1 is 0.933 bits per heavy atom. The van der Waals surface area contributed by atoms with E-state index in [0.717, 1.165) is 16.2 Å². The molecule has 1 aromatic heterocycles. The number of pyridine rings is 1. The molecule has 1 aromatic carbocycles. The minimum absolute atomic E-state index is 0.559. The predicted molar refractivity (Wildman–Crippen MR) is 60.5 cm³/mol. The molecule has 0 fully saturated rings. The molecule has 0 bridgehead atoms. The summed E-state index contributed by atoms with van der Waals surface area (Å²) in [6.45, 7) is 0. The molecule has 0 aliphatic rings. The molecule has 2 aromatic rings. The van der Waals surface area contributed by atoms with Crippen LogP contribution in [-0.2, 0) is 0 Å². The zero-order chi connectivity index (χ0) is 10.7. The van der Waals surface area contributed by atoms with Gasteiger partial charge in [0.2, 0.25) is 0 Å². The third-order valence-corrected chi connectivity index (χ3v) is 2.12. The van der Waals surface area contributed by atoms with Gasteiger partial charge in [-0.2, -0.15) is 0 Å². The summed E-state index contributed by atoms with van der Waals surface area (Å²) in [6, 6.07) is 13.7. The number of nitrogens with two attached hydrogens (primary N) is 2. The SMILES string of the molecule is NN(N)c1ncccc1-c1ccccc1. The van der Waals surface area contributed by atoms with E-state index in [-0.39, 0.29) is 0 Å². The van der Waals surface area contributed by atoms with Gasteiger partial charge in [0.25, 0.3) is 0 Å². The number of rotatable bonds is 2. The summed E-state index contributed by atoms with van der Waals surface area (Å²) >= 11 is 0. The van der Waals surface area contributed by atoms with Gasteiger partial charge in [-0.15, -0.1) is 0 Å². The first kappa shape index (κ1) is 9.64. The maximum absolute atomic E-state index is 5.50. The van der Waals surface area contributed by atoms with Crippen LogP contribution < -0.4 is 16.8 Å². The van der Waals surface area contributed by atoms with E-state index in [1.807, 2.05) is 42.5 Å². The first-order valence-corrected chi connectivity index (χ1v) is 4.59. The van der Waals surface area contributed by atoms with Crippen molar-refractivity contribution in [3.05, 3.63) is 48.7 Å². The average molecular weight is 200 g/mol. The number of hydrogen-bond acceptors (Lipinski definition) is 4. The lowest BCUT2D eigenvalue weighted by Crippen LogP contribution is -2.38. The highest BCUT2D eigenvalue weighted by molar-refractivity contribution is 5.74. The van der Waals surface area contributed by atoms with Crippen LogP contribution in [0, 0.1) is 0 Å². The average Bonchev–Trinajstić information content (AvgIpc) is 2.30. The predicted octanol–water partition coefficient (Wildman–Crippen LogP) is 1.30. The normalized spacial score (nSPS) is 10.0. The van der Waals surface area contributed by atoms with Crippen LogP contribution in [0.3, 0.4) is 0 Å². The highest BCUT2D eigenvalue weighted by atomic mass is 15.6. The molecule has 4 heteroatoms. The fourth-order valence-electron chi connectivity index (χ4n) is 1.45. The maximum Gasteiger partial charge on any atom is 0.166 e. The molecule has 0 unspecified atom stereocenters. The Labute approximate surface area is 88.1 Å². The van der Waals surface area contributed by atoms with Crippen LogP contribution in [0.2, 0.25) is 0 Å². The Morgan fingerprint density at radius 2 is 1.67 bits per heavy atom. The maximum atomic E-state index is 5.50. The van der Waals surface area contributed by atoms with Crippen LogP contribution in [0.5, 0.6) is 0 Å². The van der Waals surface area contributed by atoms with Gasteiger partial charge in [0.15, 0.2) is 5.82 Å². The van der Waals surface area contributed by atoms with Gasteiger partial charge in [-0.3, -0.25) is 0 Å². The molecule has 0 aliphatic heterocycles. The minimum Gasteiger partial charge on any atom is -0.236 e. The van der Waals surface area contributed by atoms with Gasteiger partial charge in [0.05, 0.1) is 0 Å². The van der Waals surface area contributed by atoms with Gasteiger partial charge >= 0.3 is 0 Å². The van der Waals surface area contributed by atoms with Crippen molar-refractivity contribution in [2.75, 3.05) is 5.12 Å². The smallest absolute Gasteiger partial charge is 0.166 e. The van der Waals surface area contributed by atoms with Crippen molar-refractivity contribution in [3.63, 3.8) is 0 Å². The third-order valence-electron chi connectivity index (χ3n) is 2.12. The Kier molecular flexibility index (Phi) is 2.62. The summed E-state index contributed by atoms with van der Waals surface area (Å²) in [5.41, 5.74) is 1.96. The zero-order valence-corrected chi connectivity index (χ0v) is 8.17. The summed E-state index contributed by atoms with van der Waals surface area (Å²) in [5, 5.41) is 1.03. The molecule has 4 N–H and O–H groups in total. The second-order valence-electron chi connectivity index (χ2n) is 3.15. The molecule has 15 heavy (non-hydrogen) atoms. The van der Waals surface area contributed by atoms with Crippen LogP contribution in [0.1, 0.15) is 0 Å². The van der Waals surface area contributed by atoms with Crippen molar-refractivity contribution in [1.82, 2.24) is 4.98 Å². The van der Waals surface area contributed by atoms with E-state index in [0.29, 0.717) is 5.82 Å².